The summed E-state index contributed by atoms with van der Waals surface area (Å²) in [7, 11) is 0. The minimum atomic E-state index is -1.51. The summed E-state index contributed by atoms with van der Waals surface area (Å²) in [5.41, 5.74) is 0.785. The van der Waals surface area contributed by atoms with Gasteiger partial charge in [-0.25, -0.2) is 0 Å². The maximum atomic E-state index is 13.3. The maximum Gasteiger partial charge on any atom is 0.195 e. The highest BCUT2D eigenvalue weighted by Gasteiger charge is 2.78. The Morgan fingerprint density at radius 3 is 2.78 bits per heavy atom. The van der Waals surface area contributed by atoms with Crippen molar-refractivity contribution in [2.75, 3.05) is 6.61 Å². The number of ketones is 1. The smallest absolute Gasteiger partial charge is 0.195 e. The Balaban J connectivity index is 1.46. The molecule has 7 rings (SSSR count). The number of carbonyl (C=O) groups is 1. The number of rotatable bonds is 2. The lowest BCUT2D eigenvalue weighted by molar-refractivity contribution is -0.279. The quantitative estimate of drug-likeness (QED) is 0.627. The van der Waals surface area contributed by atoms with Crippen LogP contribution in [-0.4, -0.2) is 51.7 Å². The van der Waals surface area contributed by atoms with E-state index < -0.39 is 34.6 Å². The lowest BCUT2D eigenvalue weighted by Crippen LogP contribution is -2.74. The second kappa shape index (κ2) is 6.71. The van der Waals surface area contributed by atoms with Crippen molar-refractivity contribution in [2.45, 2.75) is 88.0 Å². The van der Waals surface area contributed by atoms with Gasteiger partial charge in [-0.05, 0) is 56.7 Å². The number of H-pyrrole nitrogens is 1. The number of nitrogens with one attached hydrogen (secondary N) is 1. The van der Waals surface area contributed by atoms with Gasteiger partial charge in [-0.3, -0.25) is 4.79 Å². The molecule has 6 heteroatoms. The van der Waals surface area contributed by atoms with Crippen LogP contribution in [0.4, 0.5) is 0 Å². The Labute approximate surface area is 211 Å². The highest BCUT2D eigenvalue weighted by molar-refractivity contribution is 5.97. The van der Waals surface area contributed by atoms with Crippen molar-refractivity contribution in [1.29, 1.82) is 0 Å². The summed E-state index contributed by atoms with van der Waals surface area (Å²) < 4.78 is 19.2. The van der Waals surface area contributed by atoms with Crippen LogP contribution in [0, 0.1) is 23.7 Å². The average Bonchev–Trinajstić information content (AvgIpc) is 3.42. The van der Waals surface area contributed by atoms with E-state index in [1.807, 2.05) is 19.9 Å². The SMILES string of the molecule is C#CCO[C@H]1C[C@H]2Cc3c([nH]c4ccccc34)[C@]2(C)[C@@]2(C)CC[C@@]34O[C@@H](C(=O)C=C3[C@]12O)C(C)(C)O4. The first kappa shape index (κ1) is 22.7. The van der Waals surface area contributed by atoms with Gasteiger partial charge in [0.2, 0.25) is 0 Å². The van der Waals surface area contributed by atoms with E-state index in [1.54, 1.807) is 6.08 Å². The van der Waals surface area contributed by atoms with Crippen LogP contribution in [0.5, 0.6) is 0 Å². The van der Waals surface area contributed by atoms with Gasteiger partial charge in [0, 0.05) is 39.4 Å². The molecule has 7 atom stereocenters. The van der Waals surface area contributed by atoms with Gasteiger partial charge in [0.05, 0.1) is 6.10 Å². The third-order valence-electron chi connectivity index (χ3n) is 10.6. The first-order valence-electron chi connectivity index (χ1n) is 13.0. The van der Waals surface area contributed by atoms with E-state index in [1.165, 1.54) is 16.6 Å². The first-order valence-corrected chi connectivity index (χ1v) is 13.0. The topological polar surface area (TPSA) is 80.8 Å². The molecule has 3 aliphatic carbocycles. The predicted octanol–water partition coefficient (Wildman–Crippen LogP) is 3.95. The highest BCUT2D eigenvalue weighted by Crippen LogP contribution is 2.72. The monoisotopic (exact) mass is 487 g/mol. The minimum Gasteiger partial charge on any atom is -0.382 e. The zero-order valence-electron chi connectivity index (χ0n) is 21.3. The molecule has 0 radical (unpaired) electrons. The molecule has 0 unspecified atom stereocenters. The number of hydrogen-bond acceptors (Lipinski definition) is 5. The van der Waals surface area contributed by atoms with Crippen molar-refractivity contribution in [3.63, 3.8) is 0 Å². The van der Waals surface area contributed by atoms with Crippen LogP contribution < -0.4 is 0 Å². The van der Waals surface area contributed by atoms with Gasteiger partial charge in [0.1, 0.15) is 17.8 Å². The van der Waals surface area contributed by atoms with E-state index in [9.17, 15) is 9.90 Å². The molecule has 1 saturated heterocycles. The molecule has 36 heavy (non-hydrogen) atoms. The van der Waals surface area contributed by atoms with Gasteiger partial charge < -0.3 is 24.3 Å². The van der Waals surface area contributed by atoms with Gasteiger partial charge in [-0.1, -0.05) is 38.0 Å². The standard InChI is InChI=1S/C30H33NO5/c1-6-13-34-23-15-17-14-19-18-9-7-8-10-20(18)31-24(19)28(17,5)27(4)11-12-29-22(30(23,27)33)16-21(32)25(35-29)26(2,3)36-29/h1,7-10,16-17,23,25,31,33H,11-15H2,2-5H3/t17-,23+,25+,27-,28-,29+,30+/m1/s1. The van der Waals surface area contributed by atoms with Crippen LogP contribution in [0.15, 0.2) is 35.9 Å². The molecule has 5 aliphatic rings. The van der Waals surface area contributed by atoms with Crippen LogP contribution in [-0.2, 0) is 30.8 Å². The summed E-state index contributed by atoms with van der Waals surface area (Å²) in [6, 6.07) is 8.41. The summed E-state index contributed by atoms with van der Waals surface area (Å²) in [6.07, 6.45) is 8.68. The van der Waals surface area contributed by atoms with Gasteiger partial charge in [0.25, 0.3) is 0 Å². The number of hydrogen-bond donors (Lipinski definition) is 2. The number of aromatic amines is 1. The Morgan fingerprint density at radius 1 is 1.22 bits per heavy atom. The second-order valence-corrected chi connectivity index (χ2v) is 12.4. The fourth-order valence-corrected chi connectivity index (χ4v) is 8.74. The number of ether oxygens (including phenoxy) is 3. The first-order chi connectivity index (χ1) is 17.0. The number of aliphatic hydroxyl groups is 1. The lowest BCUT2D eigenvalue weighted by Gasteiger charge is -2.67. The van der Waals surface area contributed by atoms with Crippen molar-refractivity contribution < 1.29 is 24.1 Å². The maximum absolute atomic E-state index is 13.3. The van der Waals surface area contributed by atoms with Crippen molar-refractivity contribution in [3.05, 3.63) is 47.2 Å². The molecular weight excluding hydrogens is 454 g/mol. The van der Waals surface area contributed by atoms with Crippen LogP contribution >= 0.6 is 0 Å². The zero-order valence-corrected chi connectivity index (χ0v) is 21.3. The molecule has 1 aromatic carbocycles. The van der Waals surface area contributed by atoms with Crippen molar-refractivity contribution >= 4 is 16.7 Å². The summed E-state index contributed by atoms with van der Waals surface area (Å²) in [5, 5.41) is 14.3. The number of para-hydroxylation sites is 1. The summed E-state index contributed by atoms with van der Waals surface area (Å²) in [5.74, 6) is 1.53. The Morgan fingerprint density at radius 2 is 2.00 bits per heavy atom. The number of aromatic nitrogens is 1. The third-order valence-corrected chi connectivity index (χ3v) is 10.6. The molecule has 188 valence electrons. The molecule has 1 aromatic heterocycles. The summed E-state index contributed by atoms with van der Waals surface area (Å²) in [6.45, 7) is 8.31. The van der Waals surface area contributed by atoms with Gasteiger partial charge in [-0.15, -0.1) is 6.42 Å². The molecule has 2 bridgehead atoms. The number of fused-ring (bicyclic) bond motifs is 9. The van der Waals surface area contributed by atoms with Gasteiger partial charge in [0.15, 0.2) is 17.7 Å². The van der Waals surface area contributed by atoms with Crippen LogP contribution in [0.3, 0.4) is 0 Å². The van der Waals surface area contributed by atoms with Crippen LogP contribution in [0.2, 0.25) is 0 Å². The normalized spacial score (nSPS) is 43.8. The summed E-state index contributed by atoms with van der Waals surface area (Å²) >= 11 is 0. The molecule has 2 aliphatic heterocycles. The second-order valence-electron chi connectivity index (χ2n) is 12.4. The fraction of sp³-hybridized carbons (Fsp3) is 0.567. The lowest BCUT2D eigenvalue weighted by atomic mass is 9.41. The highest BCUT2D eigenvalue weighted by atomic mass is 16.8. The van der Waals surface area contributed by atoms with E-state index in [-0.39, 0.29) is 23.7 Å². The molecule has 1 spiro atoms. The molecular formula is C30H33NO5. The van der Waals surface area contributed by atoms with Crippen LogP contribution in [0.25, 0.3) is 10.9 Å². The zero-order chi connectivity index (χ0) is 25.3. The Kier molecular flexibility index (Phi) is 4.24. The number of carbonyl (C=O) groups excluding carboxylic acids is 1. The van der Waals surface area contributed by atoms with Crippen molar-refractivity contribution in [1.82, 2.24) is 4.98 Å². The van der Waals surface area contributed by atoms with E-state index in [0.717, 1.165) is 11.9 Å². The van der Waals surface area contributed by atoms with Gasteiger partial charge in [-0.2, -0.15) is 0 Å². The van der Waals surface area contributed by atoms with Gasteiger partial charge >= 0.3 is 0 Å². The fourth-order valence-electron chi connectivity index (χ4n) is 8.74. The Bertz CT molecular complexity index is 1400. The molecule has 3 fully saturated rings. The van der Waals surface area contributed by atoms with E-state index in [4.69, 9.17) is 20.6 Å². The van der Waals surface area contributed by atoms with Crippen molar-refractivity contribution in [2.24, 2.45) is 11.3 Å². The van der Waals surface area contributed by atoms with E-state index >= 15 is 0 Å². The molecule has 0 amide bonds. The van der Waals surface area contributed by atoms with E-state index in [2.05, 4.69) is 43.0 Å². The predicted molar refractivity (Wildman–Crippen MR) is 134 cm³/mol. The molecule has 2 saturated carbocycles. The Hall–Kier alpha value is -2.43. The van der Waals surface area contributed by atoms with E-state index in [0.29, 0.717) is 24.8 Å². The third kappa shape index (κ3) is 2.33. The molecule has 2 aromatic rings. The minimum absolute atomic E-state index is 0.0881. The number of benzene rings is 1. The largest absolute Gasteiger partial charge is 0.382 e. The van der Waals surface area contributed by atoms with Crippen molar-refractivity contribution in [3.8, 4) is 12.3 Å². The van der Waals surface area contributed by atoms with Crippen LogP contribution in [0.1, 0.15) is 58.2 Å². The molecule has 6 nitrogen and oxygen atoms in total. The molecule has 2 N–H and O–H groups in total. The molecule has 3 heterocycles. The summed E-state index contributed by atoms with van der Waals surface area (Å²) in [4.78, 5) is 17.1. The average molecular weight is 488 g/mol. The number of terminal acetylenes is 1.